The molecule has 1 rings (SSSR count). The molecule has 0 fully saturated rings. The molecule has 0 spiro atoms. The number of aliphatic carboxylic acids is 1. The molecule has 0 radical (unpaired) electrons. The average Bonchev–Trinajstić information content (AvgIpc) is 2.97. The molecule has 1 aromatic heterocycles. The first-order chi connectivity index (χ1) is 10.0. The number of thiophene rings is 1. The second-order valence-corrected chi connectivity index (χ2v) is 5.27. The minimum Gasteiger partial charge on any atom is -0.480 e. The van der Waals surface area contributed by atoms with Gasteiger partial charge in [-0.1, -0.05) is 12.1 Å². The predicted octanol–water partition coefficient (Wildman–Crippen LogP) is 1.40. The van der Waals surface area contributed by atoms with Crippen LogP contribution in [-0.2, 0) is 9.59 Å². The van der Waals surface area contributed by atoms with Gasteiger partial charge in [-0.05, 0) is 24.3 Å². The number of carbonyl (C=O) groups excluding carboxylic acids is 2. The molecule has 1 aromatic rings. The van der Waals surface area contributed by atoms with E-state index in [4.69, 9.17) is 5.11 Å². The highest BCUT2D eigenvalue weighted by Crippen LogP contribution is 2.07. The van der Waals surface area contributed by atoms with Crippen molar-refractivity contribution < 1.29 is 19.5 Å². The summed E-state index contributed by atoms with van der Waals surface area (Å²) >= 11 is 1.35. The molecule has 21 heavy (non-hydrogen) atoms. The predicted molar refractivity (Wildman–Crippen MR) is 80.3 cm³/mol. The van der Waals surface area contributed by atoms with Crippen LogP contribution in [0.1, 0.15) is 28.9 Å². The van der Waals surface area contributed by atoms with Gasteiger partial charge in [0.15, 0.2) is 0 Å². The van der Waals surface area contributed by atoms with Crippen LogP contribution >= 0.6 is 11.3 Å². The van der Waals surface area contributed by atoms with Crippen molar-refractivity contribution in [1.82, 2.24) is 10.6 Å². The van der Waals surface area contributed by atoms with Crippen LogP contribution < -0.4 is 10.6 Å². The molecule has 0 aliphatic carbocycles. The molecule has 114 valence electrons. The molecule has 0 aromatic carbocycles. The molecule has 0 saturated carbocycles. The average molecular weight is 310 g/mol. The normalized spacial score (nSPS) is 11.4. The van der Waals surface area contributed by atoms with Crippen molar-refractivity contribution in [2.75, 3.05) is 6.54 Å². The third-order valence-electron chi connectivity index (χ3n) is 2.65. The van der Waals surface area contributed by atoms with Crippen LogP contribution in [0.2, 0.25) is 0 Å². The molecule has 1 unspecified atom stereocenters. The fourth-order valence-electron chi connectivity index (χ4n) is 1.60. The van der Waals surface area contributed by atoms with Crippen LogP contribution in [-0.4, -0.2) is 35.5 Å². The molecule has 0 bridgehead atoms. The third-order valence-corrected chi connectivity index (χ3v) is 3.52. The van der Waals surface area contributed by atoms with Gasteiger partial charge in [0.2, 0.25) is 5.91 Å². The number of carboxylic acids is 1. The first-order valence-electron chi connectivity index (χ1n) is 6.49. The molecule has 3 N–H and O–H groups in total. The van der Waals surface area contributed by atoms with E-state index in [2.05, 4.69) is 17.2 Å². The summed E-state index contributed by atoms with van der Waals surface area (Å²) in [6.07, 6.45) is 2.23. The summed E-state index contributed by atoms with van der Waals surface area (Å²) in [5, 5.41) is 15.8. The number of hydrogen-bond acceptors (Lipinski definition) is 4. The van der Waals surface area contributed by atoms with Crippen molar-refractivity contribution >= 4 is 29.1 Å². The second-order valence-electron chi connectivity index (χ2n) is 4.32. The van der Waals surface area contributed by atoms with Crippen molar-refractivity contribution in [2.24, 2.45) is 0 Å². The van der Waals surface area contributed by atoms with Crippen LogP contribution in [0.25, 0.3) is 0 Å². The van der Waals surface area contributed by atoms with E-state index in [0.717, 1.165) is 0 Å². The fraction of sp³-hybridized carbons (Fsp3) is 0.357. The first kappa shape index (κ1) is 16.9. The van der Waals surface area contributed by atoms with Crippen LogP contribution in [0.15, 0.2) is 30.2 Å². The largest absolute Gasteiger partial charge is 0.480 e. The van der Waals surface area contributed by atoms with E-state index in [1.807, 2.05) is 5.38 Å². The van der Waals surface area contributed by atoms with Gasteiger partial charge in [-0.15, -0.1) is 17.9 Å². The van der Waals surface area contributed by atoms with E-state index in [0.29, 0.717) is 17.8 Å². The van der Waals surface area contributed by atoms with Crippen LogP contribution in [0.4, 0.5) is 0 Å². The van der Waals surface area contributed by atoms with Gasteiger partial charge in [0, 0.05) is 13.0 Å². The highest BCUT2D eigenvalue weighted by atomic mass is 32.1. The van der Waals surface area contributed by atoms with Crippen molar-refractivity contribution in [3.05, 3.63) is 35.0 Å². The quantitative estimate of drug-likeness (QED) is 0.474. The minimum absolute atomic E-state index is 0.158. The van der Waals surface area contributed by atoms with Gasteiger partial charge in [-0.2, -0.15) is 0 Å². The van der Waals surface area contributed by atoms with E-state index in [1.54, 1.807) is 12.1 Å². The molecular formula is C14H18N2O4S. The van der Waals surface area contributed by atoms with Gasteiger partial charge in [-0.25, -0.2) is 4.79 Å². The Morgan fingerprint density at radius 1 is 1.43 bits per heavy atom. The molecular weight excluding hydrogens is 292 g/mol. The number of amides is 2. The number of carbonyl (C=O) groups is 3. The Hall–Kier alpha value is -2.15. The van der Waals surface area contributed by atoms with E-state index in [-0.39, 0.29) is 24.7 Å². The van der Waals surface area contributed by atoms with Gasteiger partial charge < -0.3 is 15.7 Å². The molecule has 6 nitrogen and oxygen atoms in total. The van der Waals surface area contributed by atoms with Crippen LogP contribution in [0, 0.1) is 0 Å². The summed E-state index contributed by atoms with van der Waals surface area (Å²) in [5.41, 5.74) is 0. The van der Waals surface area contributed by atoms with E-state index < -0.39 is 12.0 Å². The molecule has 2 amide bonds. The summed E-state index contributed by atoms with van der Waals surface area (Å²) in [5.74, 6) is -1.61. The van der Waals surface area contributed by atoms with Crippen LogP contribution in [0.3, 0.4) is 0 Å². The Labute approximate surface area is 126 Å². The van der Waals surface area contributed by atoms with Crippen molar-refractivity contribution in [2.45, 2.75) is 25.3 Å². The Kier molecular flexibility index (Phi) is 7.17. The summed E-state index contributed by atoms with van der Waals surface area (Å²) in [6, 6.07) is 2.56. The lowest BCUT2D eigenvalue weighted by Crippen LogP contribution is -2.40. The molecule has 0 aliphatic rings. The summed E-state index contributed by atoms with van der Waals surface area (Å²) in [4.78, 5) is 34.7. The monoisotopic (exact) mass is 310 g/mol. The Morgan fingerprint density at radius 3 is 2.76 bits per heavy atom. The lowest BCUT2D eigenvalue weighted by Gasteiger charge is -2.12. The van der Waals surface area contributed by atoms with Gasteiger partial charge >= 0.3 is 5.97 Å². The van der Waals surface area contributed by atoms with Gasteiger partial charge in [0.05, 0.1) is 4.88 Å². The van der Waals surface area contributed by atoms with E-state index in [9.17, 15) is 14.4 Å². The highest BCUT2D eigenvalue weighted by molar-refractivity contribution is 7.12. The molecule has 0 aliphatic heterocycles. The zero-order chi connectivity index (χ0) is 15.7. The maximum Gasteiger partial charge on any atom is 0.326 e. The maximum atomic E-state index is 11.6. The van der Waals surface area contributed by atoms with Crippen molar-refractivity contribution in [3.63, 3.8) is 0 Å². The van der Waals surface area contributed by atoms with E-state index in [1.165, 1.54) is 17.4 Å². The maximum absolute atomic E-state index is 11.6. The second kappa shape index (κ2) is 8.91. The zero-order valence-electron chi connectivity index (χ0n) is 11.5. The number of rotatable bonds is 9. The summed E-state index contributed by atoms with van der Waals surface area (Å²) in [6.45, 7) is 3.81. The minimum atomic E-state index is -1.09. The summed E-state index contributed by atoms with van der Waals surface area (Å²) < 4.78 is 0. The lowest BCUT2D eigenvalue weighted by atomic mass is 10.2. The molecule has 1 heterocycles. The Morgan fingerprint density at radius 2 is 2.19 bits per heavy atom. The Bertz CT molecular complexity index is 499. The molecule has 0 saturated heterocycles. The number of nitrogens with one attached hydrogen (secondary N) is 2. The lowest BCUT2D eigenvalue weighted by molar-refractivity contribution is -0.141. The summed E-state index contributed by atoms with van der Waals surface area (Å²) in [7, 11) is 0. The van der Waals surface area contributed by atoms with Gasteiger partial charge in [0.25, 0.3) is 5.91 Å². The van der Waals surface area contributed by atoms with Gasteiger partial charge in [-0.3, -0.25) is 9.59 Å². The zero-order valence-corrected chi connectivity index (χ0v) is 12.3. The third kappa shape index (κ3) is 6.22. The van der Waals surface area contributed by atoms with E-state index >= 15 is 0 Å². The number of hydrogen-bond donors (Lipinski definition) is 3. The van der Waals surface area contributed by atoms with Gasteiger partial charge in [0.1, 0.15) is 6.04 Å². The fourth-order valence-corrected chi connectivity index (χ4v) is 2.24. The van der Waals surface area contributed by atoms with Crippen molar-refractivity contribution in [1.29, 1.82) is 0 Å². The Balaban J connectivity index is 2.22. The smallest absolute Gasteiger partial charge is 0.326 e. The standard InChI is InChI=1S/C14H18N2O4S/c1-2-5-10(14(19)20)16-12(17)7-3-8-15-13(18)11-6-4-9-21-11/h2,4,6,9-10H,1,3,5,7-8H2,(H,15,18)(H,16,17)(H,19,20). The van der Waals surface area contributed by atoms with Crippen molar-refractivity contribution in [3.8, 4) is 0 Å². The number of carboxylic acid groups (broad SMARTS) is 1. The van der Waals surface area contributed by atoms with Crippen LogP contribution in [0.5, 0.6) is 0 Å². The first-order valence-corrected chi connectivity index (χ1v) is 7.37. The molecule has 1 atom stereocenters. The topological polar surface area (TPSA) is 95.5 Å². The SMILES string of the molecule is C=CCC(NC(=O)CCCNC(=O)c1cccs1)C(=O)O. The highest BCUT2D eigenvalue weighted by Gasteiger charge is 2.17. The molecule has 7 heteroatoms.